The fourth-order valence-corrected chi connectivity index (χ4v) is 4.00. The van der Waals surface area contributed by atoms with E-state index < -0.39 is 0 Å². The first-order chi connectivity index (χ1) is 14.1. The second kappa shape index (κ2) is 10.7. The molecule has 0 N–H and O–H groups in total. The van der Waals surface area contributed by atoms with Gasteiger partial charge in [-0.15, -0.1) is 0 Å². The lowest BCUT2D eigenvalue weighted by atomic mass is 10.1. The minimum atomic E-state index is 0.0675. The molecular weight excluding hydrogens is 448 g/mol. The van der Waals surface area contributed by atoms with Gasteiger partial charge in [-0.3, -0.25) is 4.79 Å². The van der Waals surface area contributed by atoms with Gasteiger partial charge in [0.05, 0.1) is 6.54 Å². The van der Waals surface area contributed by atoms with Gasteiger partial charge in [0.15, 0.2) is 0 Å². The summed E-state index contributed by atoms with van der Waals surface area (Å²) in [5.74, 6) is 0.0675. The number of nitrogens with zero attached hydrogens (tertiary/aromatic N) is 2. The van der Waals surface area contributed by atoms with Crippen LogP contribution in [0.25, 0.3) is 0 Å². The minimum Gasteiger partial charge on any atom is -0.345 e. The average molecular weight is 474 g/mol. The Labute approximate surface area is 186 Å². The highest BCUT2D eigenvalue weighted by atomic mass is 79.9. The van der Waals surface area contributed by atoms with Crippen LogP contribution in [0.2, 0.25) is 5.02 Å². The highest BCUT2D eigenvalue weighted by molar-refractivity contribution is 9.10. The number of hydrogen-bond donors (Lipinski definition) is 0. The van der Waals surface area contributed by atoms with Crippen molar-refractivity contribution in [2.24, 2.45) is 0 Å². The quantitative estimate of drug-likeness (QED) is 0.314. The van der Waals surface area contributed by atoms with Crippen molar-refractivity contribution in [2.45, 2.75) is 39.3 Å². The van der Waals surface area contributed by atoms with Crippen LogP contribution in [0.5, 0.6) is 0 Å². The van der Waals surface area contributed by atoms with Gasteiger partial charge in [0.1, 0.15) is 0 Å². The number of unbranched alkanes of at least 4 members (excludes halogenated alkanes) is 2. The molecule has 152 valence electrons. The Morgan fingerprint density at radius 3 is 2.66 bits per heavy atom. The van der Waals surface area contributed by atoms with Crippen LogP contribution in [0.4, 0.5) is 0 Å². The molecule has 0 spiro atoms. The van der Waals surface area contributed by atoms with Gasteiger partial charge in [0, 0.05) is 40.0 Å². The maximum atomic E-state index is 13.2. The van der Waals surface area contributed by atoms with Crippen molar-refractivity contribution in [3.8, 4) is 0 Å². The monoisotopic (exact) mass is 472 g/mol. The van der Waals surface area contributed by atoms with E-state index in [0.29, 0.717) is 12.1 Å². The topological polar surface area (TPSA) is 25.2 Å². The van der Waals surface area contributed by atoms with Crippen LogP contribution >= 0.6 is 27.5 Å². The highest BCUT2D eigenvalue weighted by Crippen LogP contribution is 2.18. The van der Waals surface area contributed by atoms with Gasteiger partial charge in [-0.2, -0.15) is 0 Å². The number of halogens is 2. The van der Waals surface area contributed by atoms with Crippen LogP contribution < -0.4 is 0 Å². The zero-order valence-corrected chi connectivity index (χ0v) is 19.0. The van der Waals surface area contributed by atoms with Crippen LogP contribution in [0.15, 0.2) is 71.3 Å². The van der Waals surface area contributed by atoms with Crippen LogP contribution in [0.3, 0.4) is 0 Å². The third-order valence-electron chi connectivity index (χ3n) is 4.91. The standard InChI is InChI=1S/C24H26BrClN2O/c1-2-3-4-13-28(24(29)20-9-6-10-21(25)16-20)18-23-12-7-14-27(23)17-19-8-5-11-22(26)15-19/h5-12,14-16H,2-4,13,17-18H2,1H3. The number of carbonyl (C=O) groups is 1. The van der Waals surface area contributed by atoms with E-state index in [1.807, 2.05) is 53.4 Å². The Bertz CT molecular complexity index is 953. The van der Waals surface area contributed by atoms with Crippen molar-refractivity contribution < 1.29 is 4.79 Å². The highest BCUT2D eigenvalue weighted by Gasteiger charge is 2.17. The summed E-state index contributed by atoms with van der Waals surface area (Å²) in [5.41, 5.74) is 2.97. The van der Waals surface area contributed by atoms with Gasteiger partial charge in [-0.05, 0) is 54.4 Å². The van der Waals surface area contributed by atoms with Crippen molar-refractivity contribution in [2.75, 3.05) is 6.54 Å². The van der Waals surface area contributed by atoms with E-state index in [-0.39, 0.29) is 5.91 Å². The largest absolute Gasteiger partial charge is 0.345 e. The molecule has 0 aliphatic carbocycles. The molecule has 0 bridgehead atoms. The fourth-order valence-electron chi connectivity index (χ4n) is 3.38. The Morgan fingerprint density at radius 1 is 1.07 bits per heavy atom. The molecular formula is C24H26BrClN2O. The summed E-state index contributed by atoms with van der Waals surface area (Å²) >= 11 is 9.61. The summed E-state index contributed by atoms with van der Waals surface area (Å²) in [7, 11) is 0. The molecule has 3 aromatic rings. The van der Waals surface area contributed by atoms with Crippen molar-refractivity contribution in [3.63, 3.8) is 0 Å². The van der Waals surface area contributed by atoms with Crippen LogP contribution in [0, 0.1) is 0 Å². The molecule has 0 aliphatic heterocycles. The average Bonchev–Trinajstić information content (AvgIpc) is 3.13. The zero-order chi connectivity index (χ0) is 20.6. The van der Waals surface area contributed by atoms with E-state index in [1.165, 1.54) is 0 Å². The lowest BCUT2D eigenvalue weighted by Gasteiger charge is -2.24. The summed E-state index contributed by atoms with van der Waals surface area (Å²) < 4.78 is 3.10. The Balaban J connectivity index is 1.79. The smallest absolute Gasteiger partial charge is 0.254 e. The normalized spacial score (nSPS) is 10.9. The van der Waals surface area contributed by atoms with E-state index in [1.54, 1.807) is 0 Å². The maximum absolute atomic E-state index is 13.2. The Kier molecular flexibility index (Phi) is 7.96. The van der Waals surface area contributed by atoms with Gasteiger partial charge < -0.3 is 9.47 Å². The number of carbonyl (C=O) groups excluding carboxylic acids is 1. The predicted molar refractivity (Wildman–Crippen MR) is 123 cm³/mol. The number of hydrogen-bond acceptors (Lipinski definition) is 1. The molecule has 0 fully saturated rings. The molecule has 0 radical (unpaired) electrons. The summed E-state index contributed by atoms with van der Waals surface area (Å²) in [5, 5.41) is 0.738. The number of benzene rings is 2. The second-order valence-corrected chi connectivity index (χ2v) is 8.55. The van der Waals surface area contributed by atoms with Crippen LogP contribution in [-0.4, -0.2) is 21.9 Å². The molecule has 3 nitrogen and oxygen atoms in total. The van der Waals surface area contributed by atoms with Gasteiger partial charge in [-0.25, -0.2) is 0 Å². The van der Waals surface area contributed by atoms with Crippen molar-refractivity contribution in [1.29, 1.82) is 0 Å². The molecule has 5 heteroatoms. The molecule has 1 aromatic heterocycles. The van der Waals surface area contributed by atoms with E-state index in [0.717, 1.165) is 53.1 Å². The van der Waals surface area contributed by atoms with Gasteiger partial charge in [0.2, 0.25) is 0 Å². The lowest BCUT2D eigenvalue weighted by molar-refractivity contribution is 0.0736. The molecule has 0 aliphatic rings. The number of amides is 1. The second-order valence-electron chi connectivity index (χ2n) is 7.20. The molecule has 1 amide bonds. The lowest BCUT2D eigenvalue weighted by Crippen LogP contribution is -2.32. The molecule has 1 heterocycles. The van der Waals surface area contributed by atoms with E-state index >= 15 is 0 Å². The molecule has 0 saturated heterocycles. The molecule has 0 unspecified atom stereocenters. The van der Waals surface area contributed by atoms with Gasteiger partial charge in [0.25, 0.3) is 5.91 Å². The summed E-state index contributed by atoms with van der Waals surface area (Å²) in [6, 6.07) is 19.6. The molecule has 29 heavy (non-hydrogen) atoms. The van der Waals surface area contributed by atoms with E-state index in [4.69, 9.17) is 11.6 Å². The van der Waals surface area contributed by atoms with Crippen LogP contribution in [-0.2, 0) is 13.1 Å². The first-order valence-electron chi connectivity index (χ1n) is 10.00. The maximum Gasteiger partial charge on any atom is 0.254 e. The fraction of sp³-hybridized carbons (Fsp3) is 0.292. The minimum absolute atomic E-state index is 0.0675. The predicted octanol–water partition coefficient (Wildman–Crippen LogP) is 6.78. The van der Waals surface area contributed by atoms with E-state index in [2.05, 4.69) is 45.8 Å². The first kappa shape index (κ1) is 21.7. The van der Waals surface area contributed by atoms with Crippen molar-refractivity contribution in [1.82, 2.24) is 9.47 Å². The number of rotatable bonds is 9. The third kappa shape index (κ3) is 6.22. The zero-order valence-electron chi connectivity index (χ0n) is 16.7. The molecule has 3 rings (SSSR count). The van der Waals surface area contributed by atoms with Crippen LogP contribution in [0.1, 0.15) is 47.8 Å². The van der Waals surface area contributed by atoms with Gasteiger partial charge >= 0.3 is 0 Å². The molecule has 0 saturated carbocycles. The molecule has 2 aromatic carbocycles. The SMILES string of the molecule is CCCCCN(Cc1cccn1Cc1cccc(Cl)c1)C(=O)c1cccc(Br)c1. The molecule has 0 atom stereocenters. The Hall–Kier alpha value is -2.04. The van der Waals surface area contributed by atoms with Gasteiger partial charge in [-0.1, -0.05) is 65.5 Å². The van der Waals surface area contributed by atoms with Crippen molar-refractivity contribution in [3.05, 3.63) is 93.2 Å². The number of aromatic nitrogens is 1. The third-order valence-corrected chi connectivity index (χ3v) is 5.64. The Morgan fingerprint density at radius 2 is 1.90 bits per heavy atom. The van der Waals surface area contributed by atoms with Crippen molar-refractivity contribution >= 4 is 33.4 Å². The first-order valence-corrected chi connectivity index (χ1v) is 11.2. The van der Waals surface area contributed by atoms with E-state index in [9.17, 15) is 4.79 Å². The summed E-state index contributed by atoms with van der Waals surface area (Å²) in [4.78, 5) is 15.2. The summed E-state index contributed by atoms with van der Waals surface area (Å²) in [6.45, 7) is 4.25. The summed E-state index contributed by atoms with van der Waals surface area (Å²) in [6.07, 6.45) is 5.31.